The van der Waals surface area contributed by atoms with Crippen LogP contribution in [0.3, 0.4) is 0 Å². The van der Waals surface area contributed by atoms with Gasteiger partial charge in [-0.1, -0.05) is 17.7 Å². The molecule has 0 spiro atoms. The minimum atomic E-state index is 0.0499. The highest BCUT2D eigenvalue weighted by Gasteiger charge is 2.30. The van der Waals surface area contributed by atoms with Crippen molar-refractivity contribution in [2.75, 3.05) is 26.7 Å². The fourth-order valence-corrected chi connectivity index (χ4v) is 4.68. The van der Waals surface area contributed by atoms with Crippen LogP contribution in [0.4, 0.5) is 0 Å². The van der Waals surface area contributed by atoms with Gasteiger partial charge >= 0.3 is 0 Å². The molecule has 2 aromatic rings. The number of carbonyl (C=O) groups is 1. The summed E-state index contributed by atoms with van der Waals surface area (Å²) in [6.07, 6.45) is 8.84. The van der Waals surface area contributed by atoms with Crippen LogP contribution in [0, 0.1) is 6.92 Å². The molecule has 1 aromatic carbocycles. The van der Waals surface area contributed by atoms with Crippen LogP contribution in [-0.4, -0.2) is 54.9 Å². The van der Waals surface area contributed by atoms with Gasteiger partial charge in [0.2, 0.25) is 0 Å². The molecular weight excluding hydrogens is 424 g/mol. The van der Waals surface area contributed by atoms with Crippen LogP contribution in [0.2, 0.25) is 5.02 Å². The average molecular weight is 453 g/mol. The zero-order valence-corrected chi connectivity index (χ0v) is 19.4. The molecule has 0 bridgehead atoms. The smallest absolute Gasteiger partial charge is 0.254 e. The summed E-state index contributed by atoms with van der Waals surface area (Å²) in [5.41, 5.74) is 12.1. The van der Waals surface area contributed by atoms with Crippen LogP contribution >= 0.6 is 11.6 Å². The van der Waals surface area contributed by atoms with Crippen molar-refractivity contribution in [2.24, 2.45) is 10.7 Å². The molecule has 1 saturated heterocycles. The molecule has 1 aromatic heterocycles. The lowest BCUT2D eigenvalue weighted by atomic mass is 9.90. The number of fused-ring (bicyclic) bond motifs is 1. The van der Waals surface area contributed by atoms with Crippen molar-refractivity contribution in [2.45, 2.75) is 38.7 Å². The molecule has 4 rings (SSSR count). The number of nitrogens with two attached hydrogens (primary N) is 1. The summed E-state index contributed by atoms with van der Waals surface area (Å²) < 4.78 is 5.74. The van der Waals surface area contributed by atoms with Crippen molar-refractivity contribution in [1.82, 2.24) is 9.88 Å². The molecular formula is C25H29ClN4O2. The highest BCUT2D eigenvalue weighted by molar-refractivity contribution is 6.32. The van der Waals surface area contributed by atoms with Gasteiger partial charge in [0.05, 0.1) is 17.5 Å². The van der Waals surface area contributed by atoms with Crippen molar-refractivity contribution in [3.8, 4) is 0 Å². The first-order valence-corrected chi connectivity index (χ1v) is 11.4. The quantitative estimate of drug-likeness (QED) is 0.676. The highest BCUT2D eigenvalue weighted by atomic mass is 35.5. The summed E-state index contributed by atoms with van der Waals surface area (Å²) in [4.78, 5) is 23.5. The molecule has 1 amide bonds. The Morgan fingerprint density at radius 3 is 2.97 bits per heavy atom. The first-order chi connectivity index (χ1) is 15.5. The van der Waals surface area contributed by atoms with Gasteiger partial charge in [0.1, 0.15) is 0 Å². The van der Waals surface area contributed by atoms with Gasteiger partial charge in [0, 0.05) is 49.7 Å². The Bertz CT molecular complexity index is 1060. The van der Waals surface area contributed by atoms with Crippen LogP contribution in [0.15, 0.2) is 35.5 Å². The summed E-state index contributed by atoms with van der Waals surface area (Å²) in [5, 5.41) is 0.707. The van der Waals surface area contributed by atoms with Crippen molar-refractivity contribution < 1.29 is 9.53 Å². The molecule has 0 radical (unpaired) electrons. The third-order valence-electron chi connectivity index (χ3n) is 6.24. The maximum atomic E-state index is 13.2. The number of allylic oxidation sites excluding steroid dienone is 1. The van der Waals surface area contributed by atoms with Crippen LogP contribution in [0.1, 0.15) is 51.1 Å². The first kappa shape index (κ1) is 22.5. The average Bonchev–Trinajstić information content (AvgIpc) is 3.31. The molecule has 2 N–H and O–H groups in total. The first-order valence-electron chi connectivity index (χ1n) is 11.0. The number of benzene rings is 1. The molecule has 32 heavy (non-hydrogen) atoms. The lowest BCUT2D eigenvalue weighted by Crippen LogP contribution is -2.42. The minimum Gasteiger partial charge on any atom is -0.397 e. The molecule has 2 aliphatic heterocycles. The second kappa shape index (κ2) is 9.84. The number of aliphatic imine (C=N–C) groups is 1. The van der Waals surface area contributed by atoms with E-state index in [0.29, 0.717) is 35.9 Å². The third-order valence-corrected chi connectivity index (χ3v) is 6.75. The van der Waals surface area contributed by atoms with E-state index in [1.165, 1.54) is 0 Å². The number of nitrogens with zero attached hydrogens (tertiary/aromatic N) is 3. The van der Waals surface area contributed by atoms with E-state index in [0.717, 1.165) is 53.7 Å². The van der Waals surface area contributed by atoms with E-state index in [1.54, 1.807) is 19.3 Å². The van der Waals surface area contributed by atoms with E-state index in [-0.39, 0.29) is 12.0 Å². The van der Waals surface area contributed by atoms with Crippen LogP contribution in [-0.2, 0) is 17.6 Å². The number of hydrogen-bond donors (Lipinski definition) is 1. The minimum absolute atomic E-state index is 0.0499. The number of halogens is 1. The van der Waals surface area contributed by atoms with E-state index >= 15 is 0 Å². The van der Waals surface area contributed by atoms with Gasteiger partial charge in [-0.2, -0.15) is 0 Å². The molecule has 0 saturated carbocycles. The van der Waals surface area contributed by atoms with E-state index < -0.39 is 0 Å². The Hall–Kier alpha value is -2.70. The summed E-state index contributed by atoms with van der Waals surface area (Å²) in [7, 11) is 1.69. The van der Waals surface area contributed by atoms with E-state index in [4.69, 9.17) is 22.1 Å². The van der Waals surface area contributed by atoms with Gasteiger partial charge in [-0.05, 0) is 73.1 Å². The summed E-state index contributed by atoms with van der Waals surface area (Å²) in [5.74, 6) is 0.0499. The van der Waals surface area contributed by atoms with Gasteiger partial charge in [-0.25, -0.2) is 0 Å². The molecule has 1 atom stereocenters. The summed E-state index contributed by atoms with van der Waals surface area (Å²) in [6, 6.07) is 5.92. The number of amides is 1. The Labute approximate surface area is 194 Å². The largest absolute Gasteiger partial charge is 0.397 e. The summed E-state index contributed by atoms with van der Waals surface area (Å²) in [6.45, 7) is 4.15. The molecule has 7 heteroatoms. The molecule has 168 valence electrons. The van der Waals surface area contributed by atoms with Crippen molar-refractivity contribution >= 4 is 29.4 Å². The van der Waals surface area contributed by atoms with Crippen LogP contribution in [0.25, 0.3) is 5.70 Å². The van der Waals surface area contributed by atoms with Crippen molar-refractivity contribution in [1.29, 1.82) is 0 Å². The van der Waals surface area contributed by atoms with Gasteiger partial charge in [0.15, 0.2) is 0 Å². The number of hydrogen-bond acceptors (Lipinski definition) is 5. The molecule has 3 heterocycles. The number of rotatable bonds is 6. The maximum Gasteiger partial charge on any atom is 0.254 e. The van der Waals surface area contributed by atoms with Gasteiger partial charge in [-0.3, -0.25) is 14.8 Å². The second-order valence-electron chi connectivity index (χ2n) is 8.39. The third kappa shape index (κ3) is 4.71. The van der Waals surface area contributed by atoms with Crippen molar-refractivity contribution in [3.05, 3.63) is 69.0 Å². The Kier molecular flexibility index (Phi) is 6.92. The topological polar surface area (TPSA) is 80.8 Å². The van der Waals surface area contributed by atoms with E-state index in [9.17, 15) is 4.79 Å². The Balaban J connectivity index is 1.56. The lowest BCUT2D eigenvalue weighted by Gasteiger charge is -2.31. The molecule has 6 nitrogen and oxygen atoms in total. The highest BCUT2D eigenvalue weighted by Crippen LogP contribution is 2.33. The number of aromatic nitrogens is 1. The van der Waals surface area contributed by atoms with Gasteiger partial charge in [-0.15, -0.1) is 0 Å². The predicted molar refractivity (Wildman–Crippen MR) is 128 cm³/mol. The number of pyridine rings is 1. The zero-order valence-electron chi connectivity index (χ0n) is 18.6. The van der Waals surface area contributed by atoms with Crippen LogP contribution < -0.4 is 5.73 Å². The SMILES string of the molecule is CN=C/C=C(\N)c1ccc(Cc2cc3c(c(Cl)c2C)CCN(CC2CCCO2)C3=O)cn1. The fourth-order valence-electron chi connectivity index (χ4n) is 4.36. The molecule has 0 aliphatic carbocycles. The summed E-state index contributed by atoms with van der Waals surface area (Å²) >= 11 is 6.73. The van der Waals surface area contributed by atoms with E-state index in [2.05, 4.69) is 9.98 Å². The van der Waals surface area contributed by atoms with Crippen LogP contribution in [0.5, 0.6) is 0 Å². The predicted octanol–water partition coefficient (Wildman–Crippen LogP) is 3.81. The number of ether oxygens (including phenoxy) is 1. The molecule has 2 aliphatic rings. The monoisotopic (exact) mass is 452 g/mol. The zero-order chi connectivity index (χ0) is 22.7. The molecule has 1 unspecified atom stereocenters. The van der Waals surface area contributed by atoms with Crippen molar-refractivity contribution in [3.63, 3.8) is 0 Å². The molecule has 1 fully saturated rings. The van der Waals surface area contributed by atoms with E-state index in [1.807, 2.05) is 36.2 Å². The van der Waals surface area contributed by atoms with Gasteiger partial charge < -0.3 is 15.4 Å². The maximum absolute atomic E-state index is 13.2. The Morgan fingerprint density at radius 2 is 2.28 bits per heavy atom. The lowest BCUT2D eigenvalue weighted by molar-refractivity contribution is 0.0510. The standard InChI is InChI=1S/C25H29ClN4O2/c1-16-18(12-17-5-6-23(29-14-17)22(27)7-9-28-2)13-21-20(24(16)26)8-10-30(25(21)31)15-19-4-3-11-32-19/h5-7,9,13-14,19H,3-4,8,10-12,15,27H2,1-2H3/b22-7-,28-9?. The second-order valence-corrected chi connectivity index (χ2v) is 8.77. The Morgan fingerprint density at radius 1 is 1.44 bits per heavy atom. The normalized spacial score (nSPS) is 19.1. The van der Waals surface area contributed by atoms with Gasteiger partial charge in [0.25, 0.3) is 5.91 Å². The fraction of sp³-hybridized carbons (Fsp3) is 0.400. The number of carbonyl (C=O) groups excluding carboxylic acids is 1.